The first kappa shape index (κ1) is 16.5. The Bertz CT molecular complexity index is 657. The fourth-order valence-electron chi connectivity index (χ4n) is 2.14. The minimum atomic E-state index is -0.855. The second-order valence-electron chi connectivity index (χ2n) is 6.06. The van der Waals surface area contributed by atoms with Crippen LogP contribution in [0, 0.1) is 0 Å². The van der Waals surface area contributed by atoms with Crippen LogP contribution < -0.4 is 0 Å². The lowest BCUT2D eigenvalue weighted by Gasteiger charge is -2.19. The van der Waals surface area contributed by atoms with Crippen LogP contribution in [0.15, 0.2) is 29.4 Å². The molecule has 1 N–H and O–H groups in total. The Hall–Kier alpha value is -1.82. The molecule has 1 aromatic carbocycles. The first-order valence-electron chi connectivity index (χ1n) is 7.21. The molecule has 1 heterocycles. The van der Waals surface area contributed by atoms with E-state index in [0.29, 0.717) is 11.7 Å². The Kier molecular flexibility index (Phi) is 4.90. The lowest BCUT2D eigenvalue weighted by atomic mass is 9.87. The van der Waals surface area contributed by atoms with Gasteiger partial charge in [0.25, 0.3) is 0 Å². The number of benzene rings is 1. The molecule has 6 heteroatoms. The molecule has 0 unspecified atom stereocenters. The molecule has 0 saturated carbocycles. The molecule has 118 valence electrons. The molecule has 1 aromatic heterocycles. The number of carboxylic acid groups (broad SMARTS) is 1. The van der Waals surface area contributed by atoms with Crippen molar-refractivity contribution in [2.75, 3.05) is 5.75 Å². The number of hydrogen-bond donors (Lipinski definition) is 1. The average Bonchev–Trinajstić information content (AvgIpc) is 2.87. The summed E-state index contributed by atoms with van der Waals surface area (Å²) in [6.45, 7) is 9.23. The van der Waals surface area contributed by atoms with Gasteiger partial charge in [-0.15, -0.1) is 10.2 Å². The zero-order valence-corrected chi connectivity index (χ0v) is 14.1. The highest BCUT2D eigenvalue weighted by atomic mass is 32.2. The molecule has 0 radical (unpaired) electrons. The number of rotatable bonds is 5. The zero-order chi connectivity index (χ0) is 16.3. The largest absolute Gasteiger partial charge is 0.481 e. The molecule has 0 fully saturated rings. The minimum absolute atomic E-state index is 0.0128. The maximum absolute atomic E-state index is 10.7. The Morgan fingerprint density at radius 3 is 2.36 bits per heavy atom. The van der Waals surface area contributed by atoms with E-state index in [1.807, 2.05) is 23.6 Å². The lowest BCUT2D eigenvalue weighted by molar-refractivity contribution is -0.133. The number of hydrogen-bond acceptors (Lipinski definition) is 4. The van der Waals surface area contributed by atoms with E-state index in [2.05, 4.69) is 43.1 Å². The highest BCUT2D eigenvalue weighted by molar-refractivity contribution is 7.99. The normalized spacial score (nSPS) is 11.6. The minimum Gasteiger partial charge on any atom is -0.481 e. The van der Waals surface area contributed by atoms with E-state index in [0.717, 1.165) is 11.4 Å². The van der Waals surface area contributed by atoms with Gasteiger partial charge in [-0.3, -0.25) is 4.79 Å². The number of carboxylic acids is 1. The lowest BCUT2D eigenvalue weighted by Crippen LogP contribution is -2.10. The van der Waals surface area contributed by atoms with Gasteiger partial charge in [0.05, 0.1) is 5.75 Å². The second-order valence-corrected chi connectivity index (χ2v) is 7.00. The van der Waals surface area contributed by atoms with E-state index in [4.69, 9.17) is 5.11 Å². The van der Waals surface area contributed by atoms with Crippen LogP contribution in [0.2, 0.25) is 0 Å². The van der Waals surface area contributed by atoms with Crippen LogP contribution in [0.5, 0.6) is 0 Å². The van der Waals surface area contributed by atoms with Crippen molar-refractivity contribution in [3.63, 3.8) is 0 Å². The summed E-state index contributed by atoms with van der Waals surface area (Å²) >= 11 is 1.19. The average molecular weight is 319 g/mol. The molecule has 0 bridgehead atoms. The summed E-state index contributed by atoms with van der Waals surface area (Å²) in [6, 6.07) is 8.30. The van der Waals surface area contributed by atoms with Crippen LogP contribution in [-0.4, -0.2) is 31.6 Å². The third-order valence-electron chi connectivity index (χ3n) is 3.37. The molecule has 0 atom stereocenters. The summed E-state index contributed by atoms with van der Waals surface area (Å²) in [5, 5.41) is 17.8. The molecule has 0 saturated heterocycles. The van der Waals surface area contributed by atoms with Crippen LogP contribution >= 0.6 is 11.8 Å². The van der Waals surface area contributed by atoms with Gasteiger partial charge in [-0.05, 0) is 17.9 Å². The van der Waals surface area contributed by atoms with Gasteiger partial charge in [0.1, 0.15) is 0 Å². The van der Waals surface area contributed by atoms with Crippen molar-refractivity contribution in [1.29, 1.82) is 0 Å². The molecule has 2 rings (SSSR count). The molecule has 0 aliphatic carbocycles. The van der Waals surface area contributed by atoms with Gasteiger partial charge in [0, 0.05) is 12.1 Å². The maximum Gasteiger partial charge on any atom is 0.313 e. The second kappa shape index (κ2) is 6.52. The van der Waals surface area contributed by atoms with Crippen molar-refractivity contribution in [2.45, 2.75) is 44.8 Å². The van der Waals surface area contributed by atoms with E-state index in [-0.39, 0.29) is 11.2 Å². The summed E-state index contributed by atoms with van der Waals surface area (Å²) in [4.78, 5) is 10.7. The van der Waals surface area contributed by atoms with E-state index in [1.54, 1.807) is 0 Å². The first-order chi connectivity index (χ1) is 10.3. The zero-order valence-electron chi connectivity index (χ0n) is 13.3. The Morgan fingerprint density at radius 2 is 1.86 bits per heavy atom. The van der Waals surface area contributed by atoms with Gasteiger partial charge in [0.2, 0.25) is 0 Å². The summed E-state index contributed by atoms with van der Waals surface area (Å²) < 4.78 is 1.94. The van der Waals surface area contributed by atoms with Crippen LogP contribution in [0.3, 0.4) is 0 Å². The first-order valence-corrected chi connectivity index (χ1v) is 8.20. The number of carbonyl (C=O) groups is 1. The van der Waals surface area contributed by atoms with E-state index in [9.17, 15) is 4.79 Å². The molecule has 0 aliphatic rings. The van der Waals surface area contributed by atoms with Crippen molar-refractivity contribution in [2.24, 2.45) is 0 Å². The van der Waals surface area contributed by atoms with Gasteiger partial charge < -0.3 is 9.67 Å². The van der Waals surface area contributed by atoms with E-state index < -0.39 is 5.97 Å². The third-order valence-corrected chi connectivity index (χ3v) is 4.32. The van der Waals surface area contributed by atoms with E-state index >= 15 is 0 Å². The van der Waals surface area contributed by atoms with Crippen molar-refractivity contribution in [3.05, 3.63) is 29.8 Å². The highest BCUT2D eigenvalue weighted by Crippen LogP contribution is 2.27. The van der Waals surface area contributed by atoms with Crippen LogP contribution in [0.25, 0.3) is 11.4 Å². The molecule has 22 heavy (non-hydrogen) atoms. The molecule has 0 spiro atoms. The molecule has 2 aromatic rings. The highest BCUT2D eigenvalue weighted by Gasteiger charge is 2.16. The smallest absolute Gasteiger partial charge is 0.313 e. The molecular formula is C16H21N3O2S. The van der Waals surface area contributed by atoms with Gasteiger partial charge in [-0.2, -0.15) is 0 Å². The number of aromatic nitrogens is 3. The van der Waals surface area contributed by atoms with Crippen LogP contribution in [0.1, 0.15) is 33.3 Å². The van der Waals surface area contributed by atoms with Crippen molar-refractivity contribution in [1.82, 2.24) is 14.8 Å². The van der Waals surface area contributed by atoms with E-state index in [1.165, 1.54) is 17.3 Å². The van der Waals surface area contributed by atoms with Crippen LogP contribution in [0.4, 0.5) is 0 Å². The Morgan fingerprint density at radius 1 is 1.23 bits per heavy atom. The predicted molar refractivity (Wildman–Crippen MR) is 88.2 cm³/mol. The Balaban J connectivity index is 2.30. The van der Waals surface area contributed by atoms with Crippen molar-refractivity contribution >= 4 is 17.7 Å². The topological polar surface area (TPSA) is 68.0 Å². The van der Waals surface area contributed by atoms with Gasteiger partial charge in [-0.1, -0.05) is 56.8 Å². The third kappa shape index (κ3) is 3.68. The van der Waals surface area contributed by atoms with Gasteiger partial charge >= 0.3 is 5.97 Å². The summed E-state index contributed by atoms with van der Waals surface area (Å²) in [5.41, 5.74) is 2.36. The SMILES string of the molecule is CCn1c(SCC(=O)O)nnc1-c1ccc(C(C)(C)C)cc1. The summed E-state index contributed by atoms with van der Waals surface area (Å²) in [6.07, 6.45) is 0. The summed E-state index contributed by atoms with van der Waals surface area (Å²) in [5.74, 6) is -0.0937. The monoisotopic (exact) mass is 319 g/mol. The number of thioether (sulfide) groups is 1. The molecular weight excluding hydrogens is 298 g/mol. The maximum atomic E-state index is 10.7. The Labute approximate surface area is 134 Å². The number of nitrogens with zero attached hydrogens (tertiary/aromatic N) is 3. The van der Waals surface area contributed by atoms with Gasteiger partial charge in [0.15, 0.2) is 11.0 Å². The molecule has 0 amide bonds. The van der Waals surface area contributed by atoms with Crippen LogP contribution in [-0.2, 0) is 16.8 Å². The predicted octanol–water partition coefficient (Wildman–Crippen LogP) is 3.44. The van der Waals surface area contributed by atoms with Crippen molar-refractivity contribution < 1.29 is 9.90 Å². The standard InChI is InChI=1S/C16H21N3O2S/c1-5-19-14(17-18-15(19)22-10-13(20)21)11-6-8-12(9-7-11)16(2,3)4/h6-9H,5,10H2,1-4H3,(H,20,21). The molecule has 5 nitrogen and oxygen atoms in total. The molecule has 0 aliphatic heterocycles. The number of aliphatic carboxylic acids is 1. The fourth-order valence-corrected chi connectivity index (χ4v) is 2.86. The fraction of sp³-hybridized carbons (Fsp3) is 0.438. The summed E-state index contributed by atoms with van der Waals surface area (Å²) in [7, 11) is 0. The quantitative estimate of drug-likeness (QED) is 0.855. The van der Waals surface area contributed by atoms with Crippen molar-refractivity contribution in [3.8, 4) is 11.4 Å². The van der Waals surface area contributed by atoms with Gasteiger partial charge in [-0.25, -0.2) is 0 Å².